The number of hydrogen-bond donors (Lipinski definition) is 2. The van der Waals surface area contributed by atoms with Crippen LogP contribution in [0.25, 0.3) is 0 Å². The summed E-state index contributed by atoms with van der Waals surface area (Å²) < 4.78 is 5.48. The Balaban J connectivity index is 1.86. The highest BCUT2D eigenvalue weighted by Gasteiger charge is 2.27. The largest absolute Gasteiger partial charge is 0.392 e. The fourth-order valence-electron chi connectivity index (χ4n) is 3.28. The van der Waals surface area contributed by atoms with Crippen molar-refractivity contribution in [2.45, 2.75) is 58.4 Å². The Hall–Kier alpha value is -1.43. The normalized spacial score (nSPS) is 19.9. The first-order valence-corrected chi connectivity index (χ1v) is 8.95. The number of rotatable bonds is 8. The van der Waals surface area contributed by atoms with Gasteiger partial charge in [0.25, 0.3) is 0 Å². The van der Waals surface area contributed by atoms with E-state index in [-0.39, 0.29) is 11.9 Å². The molecule has 24 heavy (non-hydrogen) atoms. The molecule has 0 aliphatic carbocycles. The van der Waals surface area contributed by atoms with E-state index in [9.17, 15) is 9.90 Å². The third kappa shape index (κ3) is 5.58. The number of nitrogens with zero attached hydrogens (tertiary/aromatic N) is 1. The molecule has 2 N–H and O–H groups in total. The Morgan fingerprint density at radius 1 is 1.38 bits per heavy atom. The minimum atomic E-state index is -0.398. The van der Waals surface area contributed by atoms with Gasteiger partial charge in [-0.2, -0.15) is 0 Å². The van der Waals surface area contributed by atoms with Gasteiger partial charge in [0.2, 0.25) is 5.91 Å². The van der Waals surface area contributed by atoms with Crippen molar-refractivity contribution in [3.8, 4) is 0 Å². The molecule has 0 spiro atoms. The van der Waals surface area contributed by atoms with Crippen LogP contribution in [-0.4, -0.2) is 47.8 Å². The van der Waals surface area contributed by atoms with Crippen LogP contribution in [0.15, 0.2) is 24.3 Å². The van der Waals surface area contributed by atoms with Gasteiger partial charge in [-0.05, 0) is 44.4 Å². The lowest BCUT2D eigenvalue weighted by Crippen LogP contribution is -2.49. The van der Waals surface area contributed by atoms with Gasteiger partial charge in [0.1, 0.15) is 0 Å². The van der Waals surface area contributed by atoms with Gasteiger partial charge in [-0.15, -0.1) is 0 Å². The molecule has 1 fully saturated rings. The van der Waals surface area contributed by atoms with E-state index in [2.05, 4.69) is 10.2 Å². The number of hydrogen-bond acceptors (Lipinski definition) is 4. The predicted octanol–water partition coefficient (Wildman–Crippen LogP) is 2.07. The molecule has 5 heteroatoms. The molecule has 0 radical (unpaired) electrons. The van der Waals surface area contributed by atoms with E-state index in [1.54, 1.807) is 0 Å². The fourth-order valence-corrected chi connectivity index (χ4v) is 3.28. The Labute approximate surface area is 145 Å². The molecular weight excluding hydrogens is 304 g/mol. The first kappa shape index (κ1) is 18.9. The Morgan fingerprint density at radius 3 is 2.83 bits per heavy atom. The van der Waals surface area contributed by atoms with Crippen molar-refractivity contribution in [1.29, 1.82) is 0 Å². The zero-order valence-corrected chi connectivity index (χ0v) is 14.8. The van der Waals surface area contributed by atoms with Crippen LogP contribution in [0.2, 0.25) is 0 Å². The summed E-state index contributed by atoms with van der Waals surface area (Å²) in [5, 5.41) is 12.9. The van der Waals surface area contributed by atoms with E-state index >= 15 is 0 Å². The molecule has 5 nitrogen and oxygen atoms in total. The average Bonchev–Trinajstić information content (AvgIpc) is 2.59. The minimum absolute atomic E-state index is 0.00811. The molecule has 0 saturated carbocycles. The van der Waals surface area contributed by atoms with Crippen molar-refractivity contribution in [2.24, 2.45) is 0 Å². The number of carbonyl (C=O) groups is 1. The standard InChI is InChI=1S/C19H30N2O3/c1-3-24-14-17-9-5-4-8-16(17)12-20-19(23)13-21-11-7-6-10-18(21)15(2)22/h4-5,8-9,15,18,22H,3,6-7,10-14H2,1-2H3,(H,20,23). The summed E-state index contributed by atoms with van der Waals surface area (Å²) in [6.45, 7) is 6.77. The van der Waals surface area contributed by atoms with Gasteiger partial charge < -0.3 is 15.2 Å². The van der Waals surface area contributed by atoms with Crippen molar-refractivity contribution in [3.05, 3.63) is 35.4 Å². The molecule has 0 aromatic heterocycles. The van der Waals surface area contributed by atoms with Gasteiger partial charge in [-0.25, -0.2) is 0 Å². The molecular formula is C19H30N2O3. The lowest BCUT2D eigenvalue weighted by Gasteiger charge is -2.36. The number of aliphatic hydroxyl groups is 1. The van der Waals surface area contributed by atoms with E-state index in [1.165, 1.54) is 0 Å². The highest BCUT2D eigenvalue weighted by molar-refractivity contribution is 5.78. The molecule has 1 aromatic rings. The second kappa shape index (κ2) is 9.77. The zero-order chi connectivity index (χ0) is 17.4. The Morgan fingerprint density at radius 2 is 2.12 bits per heavy atom. The smallest absolute Gasteiger partial charge is 0.234 e. The van der Waals surface area contributed by atoms with Gasteiger partial charge in [0, 0.05) is 19.2 Å². The van der Waals surface area contributed by atoms with Gasteiger partial charge in [0.15, 0.2) is 0 Å². The molecule has 1 aromatic carbocycles. The molecule has 1 saturated heterocycles. The molecule has 1 aliphatic heterocycles. The number of carbonyl (C=O) groups excluding carboxylic acids is 1. The molecule has 2 atom stereocenters. The number of aliphatic hydroxyl groups excluding tert-OH is 1. The predicted molar refractivity (Wildman–Crippen MR) is 94.5 cm³/mol. The van der Waals surface area contributed by atoms with Crippen LogP contribution in [-0.2, 0) is 22.7 Å². The summed E-state index contributed by atoms with van der Waals surface area (Å²) in [5.74, 6) is 0.00811. The maximum Gasteiger partial charge on any atom is 0.234 e. The lowest BCUT2D eigenvalue weighted by atomic mass is 9.98. The highest BCUT2D eigenvalue weighted by Crippen LogP contribution is 2.19. The van der Waals surface area contributed by atoms with E-state index in [0.29, 0.717) is 26.3 Å². The average molecular weight is 334 g/mol. The molecule has 1 amide bonds. The van der Waals surface area contributed by atoms with Gasteiger partial charge in [-0.1, -0.05) is 30.7 Å². The van der Waals surface area contributed by atoms with Crippen LogP contribution < -0.4 is 5.32 Å². The fraction of sp³-hybridized carbons (Fsp3) is 0.632. The number of likely N-dealkylation sites (tertiary alicyclic amines) is 1. The number of amides is 1. The topological polar surface area (TPSA) is 61.8 Å². The Kier molecular flexibility index (Phi) is 7.69. The molecule has 134 valence electrons. The second-order valence-electron chi connectivity index (χ2n) is 6.46. The van der Waals surface area contributed by atoms with Crippen LogP contribution in [0.1, 0.15) is 44.2 Å². The van der Waals surface area contributed by atoms with Crippen LogP contribution in [0.5, 0.6) is 0 Å². The Bertz CT molecular complexity index is 519. The molecule has 2 unspecified atom stereocenters. The number of nitrogens with one attached hydrogen (secondary N) is 1. The third-order valence-corrected chi connectivity index (χ3v) is 4.62. The maximum atomic E-state index is 12.3. The summed E-state index contributed by atoms with van der Waals surface area (Å²) in [7, 11) is 0. The number of piperidine rings is 1. The summed E-state index contributed by atoms with van der Waals surface area (Å²) in [5.41, 5.74) is 2.20. The van der Waals surface area contributed by atoms with Crippen LogP contribution in [0, 0.1) is 0 Å². The van der Waals surface area contributed by atoms with E-state index in [4.69, 9.17) is 4.74 Å². The van der Waals surface area contributed by atoms with Crippen LogP contribution in [0.3, 0.4) is 0 Å². The first-order chi connectivity index (χ1) is 11.6. The summed E-state index contributed by atoms with van der Waals surface area (Å²) in [4.78, 5) is 14.4. The number of benzene rings is 1. The number of ether oxygens (including phenoxy) is 1. The second-order valence-corrected chi connectivity index (χ2v) is 6.46. The maximum absolute atomic E-state index is 12.3. The van der Waals surface area contributed by atoms with Crippen LogP contribution >= 0.6 is 0 Å². The SMILES string of the molecule is CCOCc1ccccc1CNC(=O)CN1CCCCC1C(C)O. The summed E-state index contributed by atoms with van der Waals surface area (Å²) in [6.07, 6.45) is 2.78. The van der Waals surface area contributed by atoms with Crippen molar-refractivity contribution in [3.63, 3.8) is 0 Å². The summed E-state index contributed by atoms with van der Waals surface area (Å²) in [6, 6.07) is 8.11. The van der Waals surface area contributed by atoms with Crippen molar-refractivity contribution in [2.75, 3.05) is 19.7 Å². The van der Waals surface area contributed by atoms with Crippen molar-refractivity contribution >= 4 is 5.91 Å². The van der Waals surface area contributed by atoms with E-state index in [0.717, 1.165) is 36.9 Å². The summed E-state index contributed by atoms with van der Waals surface area (Å²) >= 11 is 0. The van der Waals surface area contributed by atoms with Gasteiger partial charge in [0.05, 0.1) is 19.3 Å². The van der Waals surface area contributed by atoms with E-state index in [1.807, 2.05) is 38.1 Å². The third-order valence-electron chi connectivity index (χ3n) is 4.62. The first-order valence-electron chi connectivity index (χ1n) is 8.95. The lowest BCUT2D eigenvalue weighted by molar-refractivity contribution is -0.124. The minimum Gasteiger partial charge on any atom is -0.392 e. The van der Waals surface area contributed by atoms with Gasteiger partial charge >= 0.3 is 0 Å². The molecule has 1 aliphatic rings. The van der Waals surface area contributed by atoms with Crippen molar-refractivity contribution < 1.29 is 14.6 Å². The molecule has 1 heterocycles. The quantitative estimate of drug-likeness (QED) is 0.764. The van der Waals surface area contributed by atoms with Crippen LogP contribution in [0.4, 0.5) is 0 Å². The zero-order valence-electron chi connectivity index (χ0n) is 14.8. The highest BCUT2D eigenvalue weighted by atomic mass is 16.5. The van der Waals surface area contributed by atoms with Crippen molar-refractivity contribution in [1.82, 2.24) is 10.2 Å². The molecule has 0 bridgehead atoms. The monoisotopic (exact) mass is 334 g/mol. The van der Waals surface area contributed by atoms with E-state index < -0.39 is 6.10 Å². The van der Waals surface area contributed by atoms with Gasteiger partial charge in [-0.3, -0.25) is 9.69 Å². The molecule has 2 rings (SSSR count).